The number of anilines is 1. The maximum absolute atomic E-state index is 10.9. The first-order chi connectivity index (χ1) is 8.95. The van der Waals surface area contributed by atoms with E-state index in [4.69, 9.17) is 5.11 Å². The van der Waals surface area contributed by atoms with E-state index in [0.717, 1.165) is 12.8 Å². The lowest BCUT2D eigenvalue weighted by atomic mass is 9.80. The van der Waals surface area contributed by atoms with E-state index in [1.165, 1.54) is 12.6 Å². The van der Waals surface area contributed by atoms with Gasteiger partial charge in [-0.15, -0.1) is 0 Å². The second kappa shape index (κ2) is 5.55. The molecule has 0 aliphatic heterocycles. The highest BCUT2D eigenvalue weighted by Gasteiger charge is 2.24. The summed E-state index contributed by atoms with van der Waals surface area (Å²) in [5.41, 5.74) is 0.665. The van der Waals surface area contributed by atoms with Crippen LogP contribution in [0.2, 0.25) is 0 Å². The van der Waals surface area contributed by atoms with Crippen molar-refractivity contribution >= 4 is 11.9 Å². The SMILES string of the molecule is Cc1nc(NC2CC(C)CC(C)C2)ncc1C(=O)O. The van der Waals surface area contributed by atoms with Gasteiger partial charge < -0.3 is 10.4 Å². The first-order valence-corrected chi connectivity index (χ1v) is 6.79. The minimum absolute atomic E-state index is 0.163. The molecule has 1 aliphatic rings. The molecular weight excluding hydrogens is 242 g/mol. The summed E-state index contributed by atoms with van der Waals surface area (Å²) >= 11 is 0. The minimum atomic E-state index is -0.982. The summed E-state index contributed by atoms with van der Waals surface area (Å²) in [4.78, 5) is 19.2. The van der Waals surface area contributed by atoms with Gasteiger partial charge in [0.25, 0.3) is 0 Å². The van der Waals surface area contributed by atoms with Crippen molar-refractivity contribution < 1.29 is 9.90 Å². The van der Waals surface area contributed by atoms with Crippen LogP contribution < -0.4 is 5.32 Å². The van der Waals surface area contributed by atoms with Crippen LogP contribution in [0.25, 0.3) is 0 Å². The number of rotatable bonds is 3. The first kappa shape index (κ1) is 13.8. The van der Waals surface area contributed by atoms with Crippen LogP contribution in [0.5, 0.6) is 0 Å². The second-order valence-corrected chi connectivity index (χ2v) is 5.76. The van der Waals surface area contributed by atoms with Crippen LogP contribution in [0.15, 0.2) is 6.20 Å². The number of carboxylic acids is 1. The fourth-order valence-electron chi connectivity index (χ4n) is 2.99. The molecule has 1 aromatic rings. The fourth-order valence-corrected chi connectivity index (χ4v) is 2.99. The van der Waals surface area contributed by atoms with Gasteiger partial charge >= 0.3 is 5.97 Å². The average molecular weight is 263 g/mol. The molecule has 5 nitrogen and oxygen atoms in total. The Morgan fingerprint density at radius 2 is 1.95 bits per heavy atom. The molecule has 0 radical (unpaired) electrons. The van der Waals surface area contributed by atoms with Gasteiger partial charge in [0.15, 0.2) is 0 Å². The van der Waals surface area contributed by atoms with Gasteiger partial charge in [-0.1, -0.05) is 13.8 Å². The lowest BCUT2D eigenvalue weighted by Gasteiger charge is -2.31. The van der Waals surface area contributed by atoms with Crippen LogP contribution in [0.1, 0.15) is 49.2 Å². The third-order valence-electron chi connectivity index (χ3n) is 3.72. The molecule has 2 unspecified atom stereocenters. The Balaban J connectivity index is 2.07. The molecule has 0 saturated heterocycles. The van der Waals surface area contributed by atoms with Crippen molar-refractivity contribution in [3.8, 4) is 0 Å². The highest BCUT2D eigenvalue weighted by Crippen LogP contribution is 2.29. The zero-order chi connectivity index (χ0) is 14.0. The van der Waals surface area contributed by atoms with E-state index in [2.05, 4.69) is 29.1 Å². The molecule has 2 atom stereocenters. The first-order valence-electron chi connectivity index (χ1n) is 6.79. The zero-order valence-corrected chi connectivity index (χ0v) is 11.7. The Bertz CT molecular complexity index is 466. The van der Waals surface area contributed by atoms with Crippen LogP contribution in [0.3, 0.4) is 0 Å². The van der Waals surface area contributed by atoms with Crippen LogP contribution in [0, 0.1) is 18.8 Å². The molecule has 1 fully saturated rings. The molecule has 1 heterocycles. The van der Waals surface area contributed by atoms with Crippen molar-refractivity contribution in [2.45, 2.75) is 46.1 Å². The molecule has 19 heavy (non-hydrogen) atoms. The standard InChI is InChI=1S/C14H21N3O2/c1-8-4-9(2)6-11(5-8)17-14-15-7-12(13(18)19)10(3)16-14/h7-9,11H,4-6H2,1-3H3,(H,18,19)(H,15,16,17). The molecule has 0 amide bonds. The molecule has 1 aliphatic carbocycles. The Hall–Kier alpha value is -1.65. The van der Waals surface area contributed by atoms with Gasteiger partial charge in [0.2, 0.25) is 5.95 Å². The van der Waals surface area contributed by atoms with Gasteiger partial charge in [-0.3, -0.25) is 0 Å². The highest BCUT2D eigenvalue weighted by atomic mass is 16.4. The lowest BCUT2D eigenvalue weighted by Crippen LogP contribution is -2.31. The average Bonchev–Trinajstić information content (AvgIpc) is 2.26. The van der Waals surface area contributed by atoms with Crippen LogP contribution >= 0.6 is 0 Å². The monoisotopic (exact) mass is 263 g/mol. The lowest BCUT2D eigenvalue weighted by molar-refractivity contribution is 0.0695. The number of aromatic carboxylic acids is 1. The molecule has 1 saturated carbocycles. The number of hydrogen-bond acceptors (Lipinski definition) is 4. The second-order valence-electron chi connectivity index (χ2n) is 5.76. The summed E-state index contributed by atoms with van der Waals surface area (Å²) in [6, 6.07) is 0.383. The normalized spacial score (nSPS) is 27.0. The predicted molar refractivity (Wildman–Crippen MR) is 73.3 cm³/mol. The van der Waals surface area contributed by atoms with E-state index in [1.54, 1.807) is 6.92 Å². The highest BCUT2D eigenvalue weighted by molar-refractivity contribution is 5.88. The summed E-state index contributed by atoms with van der Waals surface area (Å²) in [5, 5.41) is 12.3. The van der Waals surface area contributed by atoms with Gasteiger partial charge in [0.05, 0.1) is 11.3 Å². The Morgan fingerprint density at radius 1 is 1.32 bits per heavy atom. The van der Waals surface area contributed by atoms with E-state index in [9.17, 15) is 4.79 Å². The Kier molecular flexibility index (Phi) is 4.02. The van der Waals surface area contributed by atoms with E-state index >= 15 is 0 Å². The van der Waals surface area contributed by atoms with Crippen molar-refractivity contribution in [1.29, 1.82) is 0 Å². The number of carboxylic acid groups (broad SMARTS) is 1. The zero-order valence-electron chi connectivity index (χ0n) is 11.7. The number of hydrogen-bond donors (Lipinski definition) is 2. The molecule has 0 spiro atoms. The molecule has 0 aromatic carbocycles. The predicted octanol–water partition coefficient (Wildman–Crippen LogP) is 2.72. The van der Waals surface area contributed by atoms with E-state index in [0.29, 0.717) is 29.5 Å². The summed E-state index contributed by atoms with van der Waals surface area (Å²) in [6.07, 6.45) is 4.89. The van der Waals surface area contributed by atoms with Crippen molar-refractivity contribution in [3.63, 3.8) is 0 Å². The number of nitrogens with zero attached hydrogens (tertiary/aromatic N) is 2. The van der Waals surface area contributed by atoms with Crippen LogP contribution in [-0.2, 0) is 0 Å². The van der Waals surface area contributed by atoms with E-state index in [1.807, 2.05) is 0 Å². The number of carbonyl (C=O) groups is 1. The molecule has 5 heteroatoms. The van der Waals surface area contributed by atoms with Crippen molar-refractivity contribution in [3.05, 3.63) is 17.5 Å². The summed E-state index contributed by atoms with van der Waals surface area (Å²) in [7, 11) is 0. The quantitative estimate of drug-likeness (QED) is 0.877. The third kappa shape index (κ3) is 3.43. The number of aryl methyl sites for hydroxylation is 1. The maximum atomic E-state index is 10.9. The van der Waals surface area contributed by atoms with E-state index in [-0.39, 0.29) is 5.56 Å². The number of nitrogens with one attached hydrogen (secondary N) is 1. The van der Waals surface area contributed by atoms with E-state index < -0.39 is 5.97 Å². The molecule has 0 bridgehead atoms. The van der Waals surface area contributed by atoms with Crippen LogP contribution in [0.4, 0.5) is 5.95 Å². The smallest absolute Gasteiger partial charge is 0.339 e. The summed E-state index contributed by atoms with van der Waals surface area (Å²) in [6.45, 7) is 6.23. The maximum Gasteiger partial charge on any atom is 0.339 e. The van der Waals surface area contributed by atoms with Crippen LogP contribution in [-0.4, -0.2) is 27.1 Å². The molecule has 2 N–H and O–H groups in total. The van der Waals surface area contributed by atoms with Gasteiger partial charge in [-0.25, -0.2) is 14.8 Å². The van der Waals surface area contributed by atoms with Crippen molar-refractivity contribution in [2.75, 3.05) is 5.32 Å². The third-order valence-corrected chi connectivity index (χ3v) is 3.72. The topological polar surface area (TPSA) is 75.1 Å². The molecular formula is C14H21N3O2. The van der Waals surface area contributed by atoms with Gasteiger partial charge in [-0.2, -0.15) is 0 Å². The minimum Gasteiger partial charge on any atom is -0.478 e. The molecule has 104 valence electrons. The van der Waals surface area contributed by atoms with Gasteiger partial charge in [-0.05, 0) is 38.0 Å². The fraction of sp³-hybridized carbons (Fsp3) is 0.643. The Morgan fingerprint density at radius 3 is 2.47 bits per heavy atom. The van der Waals surface area contributed by atoms with Crippen molar-refractivity contribution in [1.82, 2.24) is 9.97 Å². The Labute approximate surface area is 113 Å². The van der Waals surface area contributed by atoms with Crippen molar-refractivity contribution in [2.24, 2.45) is 11.8 Å². The number of aromatic nitrogens is 2. The molecule has 1 aromatic heterocycles. The summed E-state index contributed by atoms with van der Waals surface area (Å²) in [5.74, 6) is 0.971. The van der Waals surface area contributed by atoms with Gasteiger partial charge in [0, 0.05) is 12.2 Å². The largest absolute Gasteiger partial charge is 0.478 e. The molecule has 2 rings (SSSR count). The van der Waals surface area contributed by atoms with Gasteiger partial charge in [0.1, 0.15) is 0 Å². The summed E-state index contributed by atoms with van der Waals surface area (Å²) < 4.78 is 0.